The van der Waals surface area contributed by atoms with Gasteiger partial charge in [0, 0.05) is 20.3 Å². The number of nitrogens with zero attached hydrogens (tertiary/aromatic N) is 2. The van der Waals surface area contributed by atoms with Gasteiger partial charge >= 0.3 is 0 Å². The lowest BCUT2D eigenvalue weighted by Gasteiger charge is -2.42. The highest BCUT2D eigenvalue weighted by Crippen LogP contribution is 2.27. The fraction of sp³-hybridized carbons (Fsp3) is 0.867. The minimum atomic E-state index is 0.0602. The molecule has 0 aromatic carbocycles. The molecule has 4 nitrogen and oxygen atoms in total. The minimum absolute atomic E-state index is 0.0602. The summed E-state index contributed by atoms with van der Waals surface area (Å²) in [7, 11) is 0. The van der Waals surface area contributed by atoms with Crippen molar-refractivity contribution in [1.29, 1.82) is 0 Å². The van der Waals surface area contributed by atoms with E-state index in [1.807, 2.05) is 0 Å². The maximum atomic E-state index is 11.6. The number of allylic oxidation sites excluding steroid dienone is 2. The fourth-order valence-electron chi connectivity index (χ4n) is 5.46. The molecule has 1 aliphatic rings. The molecule has 0 bridgehead atoms. The Kier molecular flexibility index (Phi) is 18.2. The van der Waals surface area contributed by atoms with Gasteiger partial charge in [0.15, 0.2) is 12.3 Å². The van der Waals surface area contributed by atoms with Crippen LogP contribution >= 0.6 is 0 Å². The Labute approximate surface area is 212 Å². The molecule has 0 aromatic rings. The van der Waals surface area contributed by atoms with Crippen LogP contribution in [0.25, 0.3) is 0 Å². The van der Waals surface area contributed by atoms with Crippen LogP contribution in [-0.4, -0.2) is 42.0 Å². The number of carbonyl (C=O) groups is 1. The van der Waals surface area contributed by atoms with Crippen LogP contribution in [0.3, 0.4) is 0 Å². The number of quaternary nitrogens is 1. The normalized spacial score (nSPS) is 20.9. The highest BCUT2D eigenvalue weighted by molar-refractivity contribution is 5.73. The summed E-state index contributed by atoms with van der Waals surface area (Å²) >= 11 is 0. The van der Waals surface area contributed by atoms with Crippen LogP contribution in [0, 0.1) is 0 Å². The second-order valence-electron chi connectivity index (χ2n) is 10.6. The van der Waals surface area contributed by atoms with Gasteiger partial charge in [0.1, 0.15) is 6.54 Å². The summed E-state index contributed by atoms with van der Waals surface area (Å²) in [4.78, 5) is 16.4. The molecular formula is C30H58N3O+. The first-order valence-corrected chi connectivity index (χ1v) is 14.9. The predicted molar refractivity (Wildman–Crippen MR) is 149 cm³/mol. The second kappa shape index (κ2) is 20.1. The zero-order chi connectivity index (χ0) is 24.9. The van der Waals surface area contributed by atoms with E-state index in [0.717, 1.165) is 24.0 Å². The summed E-state index contributed by atoms with van der Waals surface area (Å²) in [5, 5.41) is 3.12. The molecule has 1 rings (SSSR count). The smallest absolute Gasteiger partial charge is 0.221 e. The first-order chi connectivity index (χ1) is 16.6. The van der Waals surface area contributed by atoms with Gasteiger partial charge in [0.2, 0.25) is 5.91 Å². The topological polar surface area (TPSA) is 41.5 Å². The van der Waals surface area contributed by atoms with Crippen LogP contribution < -0.4 is 5.32 Å². The molecule has 0 saturated heterocycles. The second-order valence-corrected chi connectivity index (χ2v) is 10.6. The van der Waals surface area contributed by atoms with E-state index >= 15 is 0 Å². The number of hydrogen-bond acceptors (Lipinski definition) is 2. The van der Waals surface area contributed by atoms with Crippen molar-refractivity contribution in [1.82, 2.24) is 5.32 Å². The van der Waals surface area contributed by atoms with Crippen molar-refractivity contribution in [3.63, 3.8) is 0 Å². The van der Waals surface area contributed by atoms with Crippen molar-refractivity contribution < 1.29 is 9.28 Å². The Hall–Kier alpha value is -1.16. The molecule has 0 fully saturated rings. The van der Waals surface area contributed by atoms with E-state index in [9.17, 15) is 4.79 Å². The first kappa shape index (κ1) is 30.9. The van der Waals surface area contributed by atoms with Crippen molar-refractivity contribution in [2.45, 2.75) is 156 Å². The molecule has 1 N–H and O–H groups in total. The molecule has 1 amide bonds. The molecule has 34 heavy (non-hydrogen) atoms. The Balaban J connectivity index is 1.94. The number of carbonyl (C=O) groups excluding carboxylic acids is 1. The Morgan fingerprint density at radius 2 is 1.38 bits per heavy atom. The van der Waals surface area contributed by atoms with Gasteiger partial charge in [0.05, 0.1) is 12.8 Å². The number of unbranched alkanes of at least 4 members (excludes halogenated alkanes) is 15. The molecule has 0 aromatic heterocycles. The fourth-order valence-corrected chi connectivity index (χ4v) is 5.46. The quantitative estimate of drug-likeness (QED) is 0.0952. The van der Waals surface area contributed by atoms with E-state index in [-0.39, 0.29) is 12.1 Å². The molecule has 1 aliphatic heterocycles. The first-order valence-electron chi connectivity index (χ1n) is 14.9. The lowest BCUT2D eigenvalue weighted by Crippen LogP contribution is -2.63. The molecule has 4 heteroatoms. The van der Waals surface area contributed by atoms with Crippen molar-refractivity contribution >= 4 is 12.1 Å². The van der Waals surface area contributed by atoms with Gasteiger partial charge in [-0.15, -0.1) is 0 Å². The van der Waals surface area contributed by atoms with Crippen molar-refractivity contribution in [2.75, 3.05) is 13.1 Å². The van der Waals surface area contributed by atoms with Crippen molar-refractivity contribution in [3.05, 3.63) is 12.2 Å². The number of nitrogens with one attached hydrogen (secondary N) is 1. The molecular weight excluding hydrogens is 418 g/mol. The third-order valence-corrected chi connectivity index (χ3v) is 7.79. The van der Waals surface area contributed by atoms with Crippen LogP contribution in [-0.2, 0) is 4.79 Å². The van der Waals surface area contributed by atoms with Gasteiger partial charge in [-0.05, 0) is 39.0 Å². The van der Waals surface area contributed by atoms with E-state index in [0.29, 0.717) is 6.17 Å². The van der Waals surface area contributed by atoms with E-state index in [1.54, 1.807) is 6.92 Å². The maximum absolute atomic E-state index is 11.6. The van der Waals surface area contributed by atoms with Gasteiger partial charge < -0.3 is 5.32 Å². The van der Waals surface area contributed by atoms with E-state index in [1.165, 1.54) is 109 Å². The summed E-state index contributed by atoms with van der Waals surface area (Å²) < 4.78 is 0.884. The Morgan fingerprint density at radius 1 is 0.882 bits per heavy atom. The zero-order valence-corrected chi connectivity index (χ0v) is 23.3. The van der Waals surface area contributed by atoms with Crippen molar-refractivity contribution in [2.24, 2.45) is 4.99 Å². The lowest BCUT2D eigenvalue weighted by atomic mass is 10.0. The average Bonchev–Trinajstić information content (AvgIpc) is 3.24. The highest BCUT2D eigenvalue weighted by atomic mass is 16.1. The number of amides is 1. The molecule has 0 radical (unpaired) electrons. The standard InChI is InChI=1S/C30H57N3O/c1-5-7-8-9-10-11-12-13-14-15-16-17-18-19-20-21-22-23-24-25-30-31-26-27-33(30,6-2)28(3)32-29(4)34/h10-11,26,28,30H,5-9,12-25,27H2,1-4H3/p+1/b11-10+. The molecule has 1 heterocycles. The monoisotopic (exact) mass is 476 g/mol. The minimum Gasteiger partial charge on any atom is -0.307 e. The summed E-state index contributed by atoms with van der Waals surface area (Å²) in [5.41, 5.74) is 0. The van der Waals surface area contributed by atoms with Gasteiger partial charge in [-0.25, -0.2) is 4.99 Å². The third-order valence-electron chi connectivity index (χ3n) is 7.79. The van der Waals surface area contributed by atoms with Gasteiger partial charge in [0.25, 0.3) is 0 Å². The number of rotatable bonds is 22. The molecule has 198 valence electrons. The number of hydrogen-bond donors (Lipinski definition) is 1. The lowest BCUT2D eigenvalue weighted by molar-refractivity contribution is -0.959. The van der Waals surface area contributed by atoms with E-state index in [2.05, 4.69) is 44.5 Å². The summed E-state index contributed by atoms with van der Waals surface area (Å²) in [6.07, 6.45) is 31.7. The van der Waals surface area contributed by atoms with Crippen LogP contribution in [0.1, 0.15) is 143 Å². The van der Waals surface area contributed by atoms with Gasteiger partial charge in [-0.3, -0.25) is 9.28 Å². The van der Waals surface area contributed by atoms with Crippen molar-refractivity contribution in [3.8, 4) is 0 Å². The number of aliphatic imine (C=N–C) groups is 1. The molecule has 0 saturated carbocycles. The van der Waals surface area contributed by atoms with Crippen LogP contribution in [0.2, 0.25) is 0 Å². The maximum Gasteiger partial charge on any atom is 0.221 e. The van der Waals surface area contributed by atoms with Crippen LogP contribution in [0.5, 0.6) is 0 Å². The summed E-state index contributed by atoms with van der Waals surface area (Å²) in [5.74, 6) is 0.0602. The molecule has 3 unspecified atom stereocenters. The summed E-state index contributed by atoms with van der Waals surface area (Å²) in [6, 6.07) is 0. The Bertz CT molecular complexity index is 559. The molecule has 0 spiro atoms. The predicted octanol–water partition coefficient (Wildman–Crippen LogP) is 8.31. The van der Waals surface area contributed by atoms with Gasteiger partial charge in [-0.2, -0.15) is 0 Å². The average molecular weight is 477 g/mol. The van der Waals surface area contributed by atoms with Crippen LogP contribution in [0.15, 0.2) is 17.1 Å². The third kappa shape index (κ3) is 13.1. The van der Waals surface area contributed by atoms with Crippen LogP contribution in [0.4, 0.5) is 0 Å². The SMILES string of the molecule is CCCCC/C=C/CCCCCCCCCCCCCCC1N=CC[N+]1(CC)C(C)NC(C)=O. The molecule has 0 aliphatic carbocycles. The largest absolute Gasteiger partial charge is 0.307 e. The van der Waals surface area contributed by atoms with E-state index < -0.39 is 0 Å². The van der Waals surface area contributed by atoms with E-state index in [4.69, 9.17) is 4.99 Å². The zero-order valence-electron chi connectivity index (χ0n) is 23.3. The molecule has 3 atom stereocenters. The summed E-state index contributed by atoms with van der Waals surface area (Å²) in [6.45, 7) is 10.2. The Morgan fingerprint density at radius 3 is 1.88 bits per heavy atom. The van der Waals surface area contributed by atoms with Gasteiger partial charge in [-0.1, -0.05) is 96.1 Å². The highest BCUT2D eigenvalue weighted by Gasteiger charge is 2.42.